The van der Waals surface area contributed by atoms with Gasteiger partial charge < -0.3 is 0 Å². The summed E-state index contributed by atoms with van der Waals surface area (Å²) in [5.74, 6) is 1.74. The molecule has 0 aliphatic carbocycles. The van der Waals surface area contributed by atoms with E-state index in [0.717, 1.165) is 12.3 Å². The van der Waals surface area contributed by atoms with Gasteiger partial charge in [-0.2, -0.15) is 0 Å². The molecule has 1 heteroatoms. The molecule has 0 bridgehead atoms. The molecular weight excluding hydrogens is 184 g/mol. The molecule has 0 spiro atoms. The topological polar surface area (TPSA) is 17.1 Å². The van der Waals surface area contributed by atoms with Gasteiger partial charge in [0.2, 0.25) is 0 Å². The van der Waals surface area contributed by atoms with Crippen molar-refractivity contribution < 1.29 is 4.79 Å². The highest BCUT2D eigenvalue weighted by Gasteiger charge is 2.22. The Hall–Kier alpha value is -0.330. The molecule has 0 radical (unpaired) electrons. The first-order chi connectivity index (χ1) is 6.73. The molecule has 0 amide bonds. The van der Waals surface area contributed by atoms with E-state index >= 15 is 0 Å². The molecule has 0 aromatic heterocycles. The van der Waals surface area contributed by atoms with Crippen molar-refractivity contribution in [3.63, 3.8) is 0 Å². The van der Waals surface area contributed by atoms with Crippen molar-refractivity contribution in [2.75, 3.05) is 0 Å². The van der Waals surface area contributed by atoms with Crippen LogP contribution in [0.1, 0.15) is 67.2 Å². The Bertz CT molecular complexity index is 186. The summed E-state index contributed by atoms with van der Waals surface area (Å²) >= 11 is 0. The molecular formula is C14H28O. The maximum absolute atomic E-state index is 11.8. The number of ketones is 1. The van der Waals surface area contributed by atoms with Crippen molar-refractivity contribution in [3.8, 4) is 0 Å². The molecule has 0 rings (SSSR count). The fourth-order valence-corrected chi connectivity index (χ4v) is 1.60. The van der Waals surface area contributed by atoms with Gasteiger partial charge in [0, 0.05) is 11.8 Å². The van der Waals surface area contributed by atoms with E-state index in [9.17, 15) is 4.79 Å². The summed E-state index contributed by atoms with van der Waals surface area (Å²) < 4.78 is 0. The van der Waals surface area contributed by atoms with Crippen LogP contribution in [-0.2, 0) is 4.79 Å². The number of carbonyl (C=O) groups is 1. The quantitative estimate of drug-likeness (QED) is 0.635. The average molecular weight is 212 g/mol. The van der Waals surface area contributed by atoms with Crippen LogP contribution < -0.4 is 0 Å². The van der Waals surface area contributed by atoms with E-state index in [2.05, 4.69) is 20.8 Å². The van der Waals surface area contributed by atoms with Gasteiger partial charge in [0.05, 0.1) is 0 Å². The SMILES string of the molecule is CC(C)CCC[C@H](C)CC(=O)C(C)(C)C. The third kappa shape index (κ3) is 7.58. The normalized spacial score (nSPS) is 14.3. The van der Waals surface area contributed by atoms with Crippen molar-refractivity contribution in [2.24, 2.45) is 17.3 Å². The molecule has 1 nitrogen and oxygen atoms in total. The Labute approximate surface area is 95.6 Å². The van der Waals surface area contributed by atoms with E-state index in [1.165, 1.54) is 19.3 Å². The van der Waals surface area contributed by atoms with Crippen LogP contribution in [0.5, 0.6) is 0 Å². The van der Waals surface area contributed by atoms with Gasteiger partial charge in [-0.1, -0.05) is 60.8 Å². The Morgan fingerprint density at radius 1 is 1.07 bits per heavy atom. The molecule has 0 saturated heterocycles. The van der Waals surface area contributed by atoms with Gasteiger partial charge in [-0.15, -0.1) is 0 Å². The molecule has 1 atom stereocenters. The predicted octanol–water partition coefficient (Wildman–Crippen LogP) is 4.45. The minimum absolute atomic E-state index is 0.160. The van der Waals surface area contributed by atoms with Crippen molar-refractivity contribution in [1.29, 1.82) is 0 Å². The Morgan fingerprint density at radius 2 is 1.60 bits per heavy atom. The Morgan fingerprint density at radius 3 is 2.00 bits per heavy atom. The first-order valence-corrected chi connectivity index (χ1v) is 6.26. The van der Waals surface area contributed by atoms with E-state index < -0.39 is 0 Å². The van der Waals surface area contributed by atoms with Crippen LogP contribution in [0, 0.1) is 17.3 Å². The maximum Gasteiger partial charge on any atom is 0.138 e. The molecule has 0 aliphatic rings. The molecule has 15 heavy (non-hydrogen) atoms. The lowest BCUT2D eigenvalue weighted by Crippen LogP contribution is -2.22. The van der Waals surface area contributed by atoms with Gasteiger partial charge >= 0.3 is 0 Å². The largest absolute Gasteiger partial charge is 0.299 e. The zero-order valence-corrected chi connectivity index (χ0v) is 11.4. The summed E-state index contributed by atoms with van der Waals surface area (Å²) in [6, 6.07) is 0. The summed E-state index contributed by atoms with van der Waals surface area (Å²) in [6.45, 7) is 12.7. The van der Waals surface area contributed by atoms with Crippen LogP contribution in [0.15, 0.2) is 0 Å². The van der Waals surface area contributed by atoms with E-state index in [1.807, 2.05) is 20.8 Å². The Kier molecular flexibility index (Phi) is 6.16. The maximum atomic E-state index is 11.8. The van der Waals surface area contributed by atoms with Gasteiger partial charge in [-0.05, 0) is 11.8 Å². The zero-order chi connectivity index (χ0) is 12.1. The predicted molar refractivity (Wildman–Crippen MR) is 66.9 cm³/mol. The van der Waals surface area contributed by atoms with Gasteiger partial charge in [0.15, 0.2) is 0 Å². The highest BCUT2D eigenvalue weighted by Crippen LogP contribution is 2.22. The fraction of sp³-hybridized carbons (Fsp3) is 0.929. The van der Waals surface area contributed by atoms with Gasteiger partial charge in [-0.25, -0.2) is 0 Å². The number of carbonyl (C=O) groups excluding carboxylic acids is 1. The first-order valence-electron chi connectivity index (χ1n) is 6.26. The van der Waals surface area contributed by atoms with E-state index in [4.69, 9.17) is 0 Å². The number of Topliss-reactive ketones (excluding diaryl/α,β-unsaturated/α-hetero) is 1. The lowest BCUT2D eigenvalue weighted by Gasteiger charge is -2.19. The molecule has 0 N–H and O–H groups in total. The van der Waals surface area contributed by atoms with E-state index in [0.29, 0.717) is 11.7 Å². The number of rotatable bonds is 6. The summed E-state index contributed by atoms with van der Waals surface area (Å²) in [5.41, 5.74) is -0.160. The number of hydrogen-bond donors (Lipinski definition) is 0. The van der Waals surface area contributed by atoms with Gasteiger partial charge in [0.25, 0.3) is 0 Å². The van der Waals surface area contributed by atoms with E-state index in [1.54, 1.807) is 0 Å². The van der Waals surface area contributed by atoms with Crippen molar-refractivity contribution in [2.45, 2.75) is 67.2 Å². The van der Waals surface area contributed by atoms with Gasteiger partial charge in [-0.3, -0.25) is 4.79 Å². The standard InChI is InChI=1S/C14H28O/c1-11(2)8-7-9-12(3)10-13(15)14(4,5)6/h11-12H,7-10H2,1-6H3/t12-/m0/s1. The molecule has 0 aromatic rings. The molecule has 0 heterocycles. The first kappa shape index (κ1) is 14.7. The third-order valence-corrected chi connectivity index (χ3v) is 2.85. The van der Waals surface area contributed by atoms with Crippen LogP contribution in [-0.4, -0.2) is 5.78 Å². The molecule has 0 aliphatic heterocycles. The Balaban J connectivity index is 3.75. The van der Waals surface area contributed by atoms with E-state index in [-0.39, 0.29) is 5.41 Å². The van der Waals surface area contributed by atoms with Crippen LogP contribution in [0.2, 0.25) is 0 Å². The lowest BCUT2D eigenvalue weighted by atomic mass is 9.84. The molecule has 0 aromatic carbocycles. The van der Waals surface area contributed by atoms with Gasteiger partial charge in [0.1, 0.15) is 5.78 Å². The third-order valence-electron chi connectivity index (χ3n) is 2.85. The molecule has 0 unspecified atom stereocenters. The lowest BCUT2D eigenvalue weighted by molar-refractivity contribution is -0.127. The summed E-state index contributed by atoms with van der Waals surface area (Å²) in [6.07, 6.45) is 4.49. The molecule has 90 valence electrons. The second-order valence-corrected chi connectivity index (χ2v) is 6.31. The van der Waals surface area contributed by atoms with Crippen molar-refractivity contribution in [3.05, 3.63) is 0 Å². The second kappa shape index (κ2) is 6.30. The van der Waals surface area contributed by atoms with Crippen molar-refractivity contribution >= 4 is 5.78 Å². The highest BCUT2D eigenvalue weighted by atomic mass is 16.1. The average Bonchev–Trinajstić information content (AvgIpc) is 2.01. The van der Waals surface area contributed by atoms with Crippen LogP contribution in [0.4, 0.5) is 0 Å². The zero-order valence-electron chi connectivity index (χ0n) is 11.4. The molecule has 0 saturated carbocycles. The smallest absolute Gasteiger partial charge is 0.138 e. The minimum atomic E-state index is -0.160. The van der Waals surface area contributed by atoms with Crippen LogP contribution in [0.25, 0.3) is 0 Å². The summed E-state index contributed by atoms with van der Waals surface area (Å²) in [7, 11) is 0. The highest BCUT2D eigenvalue weighted by molar-refractivity contribution is 5.83. The van der Waals surface area contributed by atoms with Crippen LogP contribution >= 0.6 is 0 Å². The fourth-order valence-electron chi connectivity index (χ4n) is 1.60. The number of hydrogen-bond acceptors (Lipinski definition) is 1. The monoisotopic (exact) mass is 212 g/mol. The molecule has 0 fully saturated rings. The summed E-state index contributed by atoms with van der Waals surface area (Å²) in [5, 5.41) is 0. The minimum Gasteiger partial charge on any atom is -0.299 e. The van der Waals surface area contributed by atoms with Crippen LogP contribution in [0.3, 0.4) is 0 Å². The van der Waals surface area contributed by atoms with Crippen molar-refractivity contribution in [1.82, 2.24) is 0 Å². The summed E-state index contributed by atoms with van der Waals surface area (Å²) in [4.78, 5) is 11.8. The second-order valence-electron chi connectivity index (χ2n) is 6.31.